The lowest BCUT2D eigenvalue weighted by molar-refractivity contribution is 0.0730. The van der Waals surface area contributed by atoms with Crippen LogP contribution in [0.1, 0.15) is 45.4 Å². The summed E-state index contributed by atoms with van der Waals surface area (Å²) in [5.74, 6) is 1.69. The Morgan fingerprint density at radius 1 is 1.19 bits per heavy atom. The van der Waals surface area contributed by atoms with Crippen LogP contribution in [0, 0.1) is 5.92 Å². The standard InChI is InChI=1S/C17H34N4O3S.HI/c1-2-18-17(19-9-5-8-16-6-3-4-7-16)20-10-15-25(22,23)21-11-13-24-14-12-21;/h16H,2-15H2,1H3,(H2,18,19,20);1H. The molecule has 1 aliphatic heterocycles. The highest BCUT2D eigenvalue weighted by Gasteiger charge is 2.23. The Balaban J connectivity index is 0.00000338. The second-order valence-electron chi connectivity index (χ2n) is 6.81. The van der Waals surface area contributed by atoms with Crippen LogP contribution in [0.4, 0.5) is 0 Å². The molecule has 1 saturated heterocycles. The summed E-state index contributed by atoms with van der Waals surface area (Å²) in [5.41, 5.74) is 0. The van der Waals surface area contributed by atoms with Crippen molar-refractivity contribution in [2.45, 2.75) is 45.4 Å². The van der Waals surface area contributed by atoms with Crippen molar-refractivity contribution in [3.8, 4) is 0 Å². The predicted octanol–water partition coefficient (Wildman–Crippen LogP) is 1.79. The van der Waals surface area contributed by atoms with E-state index in [1.165, 1.54) is 36.4 Å². The number of aliphatic imine (C=N–C) groups is 1. The molecule has 1 saturated carbocycles. The van der Waals surface area contributed by atoms with Gasteiger partial charge in [0.1, 0.15) is 0 Å². The molecule has 0 aromatic heterocycles. The maximum Gasteiger partial charge on any atom is 0.215 e. The Morgan fingerprint density at radius 2 is 1.88 bits per heavy atom. The molecule has 0 unspecified atom stereocenters. The van der Waals surface area contributed by atoms with E-state index < -0.39 is 10.0 Å². The number of ether oxygens (including phenoxy) is 1. The average molecular weight is 502 g/mol. The molecule has 0 atom stereocenters. The first-order valence-corrected chi connectivity index (χ1v) is 11.3. The van der Waals surface area contributed by atoms with Gasteiger partial charge in [0.2, 0.25) is 10.0 Å². The monoisotopic (exact) mass is 502 g/mol. The zero-order chi connectivity index (χ0) is 18.0. The Hall–Kier alpha value is -0.130. The Bertz CT molecular complexity index is 504. The molecule has 2 fully saturated rings. The van der Waals surface area contributed by atoms with Crippen LogP contribution < -0.4 is 10.6 Å². The SMILES string of the molecule is CCNC(=NCCCC1CCCC1)NCCS(=O)(=O)N1CCOCC1.I. The lowest BCUT2D eigenvalue weighted by Gasteiger charge is -2.26. The van der Waals surface area contributed by atoms with Gasteiger partial charge in [-0.05, 0) is 25.7 Å². The zero-order valence-electron chi connectivity index (χ0n) is 15.9. The average Bonchev–Trinajstić information content (AvgIpc) is 3.13. The van der Waals surface area contributed by atoms with Crippen LogP contribution in [0.2, 0.25) is 0 Å². The number of halogens is 1. The molecule has 154 valence electrons. The molecule has 1 heterocycles. The van der Waals surface area contributed by atoms with E-state index in [4.69, 9.17) is 4.74 Å². The molecule has 2 aliphatic rings. The highest BCUT2D eigenvalue weighted by molar-refractivity contribution is 14.0. The molecule has 0 bridgehead atoms. The zero-order valence-corrected chi connectivity index (χ0v) is 19.1. The second-order valence-corrected chi connectivity index (χ2v) is 8.90. The summed E-state index contributed by atoms with van der Waals surface area (Å²) in [6.07, 6.45) is 7.88. The highest BCUT2D eigenvalue weighted by Crippen LogP contribution is 2.28. The van der Waals surface area contributed by atoms with Crippen molar-refractivity contribution in [2.75, 3.05) is 51.7 Å². The summed E-state index contributed by atoms with van der Waals surface area (Å²) in [5, 5.41) is 6.33. The van der Waals surface area contributed by atoms with Gasteiger partial charge in [0.15, 0.2) is 5.96 Å². The first kappa shape index (κ1) is 23.9. The van der Waals surface area contributed by atoms with Gasteiger partial charge in [0, 0.05) is 32.7 Å². The fraction of sp³-hybridized carbons (Fsp3) is 0.941. The molecule has 7 nitrogen and oxygen atoms in total. The predicted molar refractivity (Wildman–Crippen MR) is 117 cm³/mol. The van der Waals surface area contributed by atoms with Crippen LogP contribution in [-0.2, 0) is 14.8 Å². The third-order valence-corrected chi connectivity index (χ3v) is 6.75. The smallest absolute Gasteiger partial charge is 0.215 e. The van der Waals surface area contributed by atoms with E-state index in [9.17, 15) is 8.42 Å². The molecule has 9 heteroatoms. The van der Waals surface area contributed by atoms with E-state index in [1.807, 2.05) is 6.92 Å². The molecular weight excluding hydrogens is 467 g/mol. The van der Waals surface area contributed by atoms with Crippen LogP contribution in [0.15, 0.2) is 4.99 Å². The Morgan fingerprint density at radius 3 is 2.54 bits per heavy atom. The van der Waals surface area contributed by atoms with Crippen molar-refractivity contribution < 1.29 is 13.2 Å². The fourth-order valence-electron chi connectivity index (χ4n) is 3.46. The maximum absolute atomic E-state index is 12.3. The molecule has 0 radical (unpaired) electrons. The normalized spacial score (nSPS) is 20.0. The molecule has 2 N–H and O–H groups in total. The maximum atomic E-state index is 12.3. The molecule has 0 aromatic rings. The van der Waals surface area contributed by atoms with E-state index in [1.54, 1.807) is 0 Å². The number of nitrogens with one attached hydrogen (secondary N) is 2. The van der Waals surface area contributed by atoms with Crippen LogP contribution in [0.25, 0.3) is 0 Å². The van der Waals surface area contributed by atoms with Gasteiger partial charge in [-0.1, -0.05) is 25.7 Å². The first-order valence-electron chi connectivity index (χ1n) is 9.69. The molecule has 1 aliphatic carbocycles. The van der Waals surface area contributed by atoms with Crippen LogP contribution in [-0.4, -0.2) is 70.4 Å². The number of hydrogen-bond donors (Lipinski definition) is 2. The van der Waals surface area contributed by atoms with E-state index in [2.05, 4.69) is 15.6 Å². The van der Waals surface area contributed by atoms with E-state index in [-0.39, 0.29) is 29.7 Å². The number of rotatable bonds is 9. The number of nitrogens with zero attached hydrogens (tertiary/aromatic N) is 2. The Kier molecular flexibility index (Phi) is 12.1. The molecule has 2 rings (SSSR count). The summed E-state index contributed by atoms with van der Waals surface area (Å²) in [7, 11) is -3.22. The van der Waals surface area contributed by atoms with Crippen molar-refractivity contribution in [3.05, 3.63) is 0 Å². The van der Waals surface area contributed by atoms with E-state index in [0.29, 0.717) is 38.8 Å². The fourth-order valence-corrected chi connectivity index (χ4v) is 4.79. The third kappa shape index (κ3) is 8.71. The highest BCUT2D eigenvalue weighted by atomic mass is 127. The van der Waals surface area contributed by atoms with Crippen LogP contribution in [0.5, 0.6) is 0 Å². The molecule has 0 aromatic carbocycles. The van der Waals surface area contributed by atoms with Gasteiger partial charge in [-0.2, -0.15) is 4.31 Å². The third-order valence-electron chi connectivity index (χ3n) is 4.88. The van der Waals surface area contributed by atoms with Crippen LogP contribution in [0.3, 0.4) is 0 Å². The quantitative estimate of drug-likeness (QED) is 0.218. The van der Waals surface area contributed by atoms with Gasteiger partial charge < -0.3 is 15.4 Å². The Labute approximate surface area is 175 Å². The summed E-state index contributed by atoms with van der Waals surface area (Å²) < 4.78 is 31.3. The van der Waals surface area contributed by atoms with Crippen molar-refractivity contribution in [1.29, 1.82) is 0 Å². The van der Waals surface area contributed by atoms with Crippen LogP contribution >= 0.6 is 24.0 Å². The van der Waals surface area contributed by atoms with Crippen molar-refractivity contribution in [3.63, 3.8) is 0 Å². The number of morpholine rings is 1. The molecule has 26 heavy (non-hydrogen) atoms. The van der Waals surface area contributed by atoms with Gasteiger partial charge in [0.05, 0.1) is 19.0 Å². The van der Waals surface area contributed by atoms with E-state index in [0.717, 1.165) is 25.4 Å². The molecule has 0 amide bonds. The van der Waals surface area contributed by atoms with Crippen molar-refractivity contribution >= 4 is 40.0 Å². The van der Waals surface area contributed by atoms with Gasteiger partial charge in [0.25, 0.3) is 0 Å². The van der Waals surface area contributed by atoms with Gasteiger partial charge in [-0.25, -0.2) is 8.42 Å². The minimum atomic E-state index is -3.22. The lowest BCUT2D eigenvalue weighted by atomic mass is 10.0. The van der Waals surface area contributed by atoms with E-state index >= 15 is 0 Å². The number of sulfonamides is 1. The number of hydrogen-bond acceptors (Lipinski definition) is 4. The minimum Gasteiger partial charge on any atom is -0.379 e. The summed E-state index contributed by atoms with van der Waals surface area (Å²) >= 11 is 0. The summed E-state index contributed by atoms with van der Waals surface area (Å²) in [6.45, 7) is 5.83. The lowest BCUT2D eigenvalue weighted by Crippen LogP contribution is -2.45. The summed E-state index contributed by atoms with van der Waals surface area (Å²) in [4.78, 5) is 4.57. The summed E-state index contributed by atoms with van der Waals surface area (Å²) in [6, 6.07) is 0. The topological polar surface area (TPSA) is 83.0 Å². The molecular formula is C17H35IN4O3S. The van der Waals surface area contributed by atoms with Gasteiger partial charge in [-0.3, -0.25) is 4.99 Å². The van der Waals surface area contributed by atoms with Crippen molar-refractivity contribution in [2.24, 2.45) is 10.9 Å². The largest absolute Gasteiger partial charge is 0.379 e. The second kappa shape index (κ2) is 13.1. The molecule has 0 spiro atoms. The number of guanidine groups is 1. The van der Waals surface area contributed by atoms with Gasteiger partial charge in [-0.15, -0.1) is 24.0 Å². The minimum absolute atomic E-state index is 0. The first-order chi connectivity index (χ1) is 12.1. The van der Waals surface area contributed by atoms with Crippen molar-refractivity contribution in [1.82, 2.24) is 14.9 Å². The van der Waals surface area contributed by atoms with Gasteiger partial charge >= 0.3 is 0 Å².